The van der Waals surface area contributed by atoms with Crippen LogP contribution in [0.25, 0.3) is 11.3 Å². The second kappa shape index (κ2) is 6.12. The number of carbonyl (C=O) groups is 1. The molecular formula is C16H19BrN2O3. The van der Waals surface area contributed by atoms with Crippen LogP contribution in [0.2, 0.25) is 0 Å². The quantitative estimate of drug-likeness (QED) is 0.770. The Morgan fingerprint density at radius 2 is 1.91 bits per heavy atom. The first-order valence-corrected chi connectivity index (χ1v) is 7.59. The van der Waals surface area contributed by atoms with Crippen LogP contribution in [0.15, 0.2) is 22.8 Å². The first kappa shape index (κ1) is 16.5. The molecule has 5 nitrogen and oxygen atoms in total. The third-order valence-corrected chi connectivity index (χ3v) is 4.04. The van der Waals surface area contributed by atoms with Crippen molar-refractivity contribution in [1.29, 1.82) is 0 Å². The molecule has 0 atom stereocenters. The molecule has 0 aliphatic carbocycles. The van der Waals surface area contributed by atoms with Crippen LogP contribution in [-0.2, 0) is 5.54 Å². The maximum Gasteiger partial charge on any atom is 0.155 e. The standard InChI is InChI=1S/C16H19BrN2O3/c1-16(2,3)19-15(17)12(9-20)14(18-19)11-7-6-10(21-4)8-13(11)22-5/h6-9H,1-5H3. The molecule has 0 spiro atoms. The Labute approximate surface area is 138 Å². The molecule has 0 radical (unpaired) electrons. The number of rotatable bonds is 4. The Morgan fingerprint density at radius 1 is 1.23 bits per heavy atom. The highest BCUT2D eigenvalue weighted by Crippen LogP contribution is 2.37. The normalized spacial score (nSPS) is 11.4. The van der Waals surface area contributed by atoms with E-state index in [0.29, 0.717) is 27.4 Å². The zero-order valence-corrected chi connectivity index (χ0v) is 14.9. The summed E-state index contributed by atoms with van der Waals surface area (Å²) >= 11 is 3.47. The molecule has 1 aromatic carbocycles. The van der Waals surface area contributed by atoms with Gasteiger partial charge in [-0.05, 0) is 48.8 Å². The molecule has 0 unspecified atom stereocenters. The van der Waals surface area contributed by atoms with Crippen LogP contribution in [0.5, 0.6) is 11.5 Å². The minimum Gasteiger partial charge on any atom is -0.497 e. The van der Waals surface area contributed by atoms with Crippen LogP contribution < -0.4 is 9.47 Å². The summed E-state index contributed by atoms with van der Waals surface area (Å²) < 4.78 is 13.1. The van der Waals surface area contributed by atoms with Crippen LogP contribution in [0, 0.1) is 0 Å². The van der Waals surface area contributed by atoms with Gasteiger partial charge in [0.25, 0.3) is 0 Å². The van der Waals surface area contributed by atoms with Crippen molar-refractivity contribution in [2.75, 3.05) is 14.2 Å². The number of hydrogen-bond donors (Lipinski definition) is 0. The largest absolute Gasteiger partial charge is 0.497 e. The lowest BCUT2D eigenvalue weighted by Gasteiger charge is -2.20. The topological polar surface area (TPSA) is 53.4 Å². The van der Waals surface area contributed by atoms with Crippen molar-refractivity contribution in [2.45, 2.75) is 26.3 Å². The lowest BCUT2D eigenvalue weighted by Crippen LogP contribution is -2.23. The van der Waals surface area contributed by atoms with Crippen LogP contribution in [-0.4, -0.2) is 30.3 Å². The molecule has 0 bridgehead atoms. The molecule has 0 fully saturated rings. The van der Waals surface area contributed by atoms with Gasteiger partial charge in [-0.2, -0.15) is 5.10 Å². The van der Waals surface area contributed by atoms with E-state index in [1.807, 2.05) is 32.9 Å². The molecule has 0 saturated heterocycles. The predicted molar refractivity (Wildman–Crippen MR) is 88.9 cm³/mol. The molecule has 1 aromatic heterocycles. The number of nitrogens with zero attached hydrogens (tertiary/aromatic N) is 2. The van der Waals surface area contributed by atoms with Gasteiger partial charge in [-0.1, -0.05) is 0 Å². The third-order valence-electron chi connectivity index (χ3n) is 3.28. The molecule has 22 heavy (non-hydrogen) atoms. The smallest absolute Gasteiger partial charge is 0.155 e. The van der Waals surface area contributed by atoms with Gasteiger partial charge in [0.2, 0.25) is 0 Å². The number of aldehydes is 1. The van der Waals surface area contributed by atoms with E-state index in [2.05, 4.69) is 21.0 Å². The molecule has 0 aliphatic heterocycles. The van der Waals surface area contributed by atoms with E-state index in [1.165, 1.54) is 0 Å². The molecule has 1 heterocycles. The molecule has 0 saturated carbocycles. The second-order valence-electron chi connectivity index (χ2n) is 5.82. The van der Waals surface area contributed by atoms with Crippen molar-refractivity contribution in [2.24, 2.45) is 0 Å². The van der Waals surface area contributed by atoms with Gasteiger partial charge in [-0.3, -0.25) is 9.48 Å². The van der Waals surface area contributed by atoms with Crippen molar-refractivity contribution >= 4 is 22.2 Å². The zero-order valence-electron chi connectivity index (χ0n) is 13.3. The summed E-state index contributed by atoms with van der Waals surface area (Å²) in [5.41, 5.74) is 1.57. The van der Waals surface area contributed by atoms with E-state index in [0.717, 1.165) is 11.8 Å². The van der Waals surface area contributed by atoms with Crippen LogP contribution >= 0.6 is 15.9 Å². The summed E-state index contributed by atoms with van der Waals surface area (Å²) in [7, 11) is 3.17. The van der Waals surface area contributed by atoms with Crippen LogP contribution in [0.1, 0.15) is 31.1 Å². The summed E-state index contributed by atoms with van der Waals surface area (Å²) in [6.07, 6.45) is 0.804. The van der Waals surface area contributed by atoms with E-state index >= 15 is 0 Å². The van der Waals surface area contributed by atoms with Crippen LogP contribution in [0.3, 0.4) is 0 Å². The van der Waals surface area contributed by atoms with Crippen molar-refractivity contribution in [3.05, 3.63) is 28.4 Å². The minimum absolute atomic E-state index is 0.255. The van der Waals surface area contributed by atoms with Gasteiger partial charge in [-0.25, -0.2) is 0 Å². The fraction of sp³-hybridized carbons (Fsp3) is 0.375. The highest BCUT2D eigenvalue weighted by molar-refractivity contribution is 9.10. The summed E-state index contributed by atoms with van der Waals surface area (Å²) in [5.74, 6) is 1.29. The molecule has 2 aromatic rings. The highest BCUT2D eigenvalue weighted by Gasteiger charge is 2.25. The summed E-state index contributed by atoms with van der Waals surface area (Å²) in [4.78, 5) is 11.5. The zero-order chi connectivity index (χ0) is 16.5. The number of aromatic nitrogens is 2. The average Bonchev–Trinajstić information content (AvgIpc) is 2.83. The van der Waals surface area contributed by atoms with Gasteiger partial charge in [-0.15, -0.1) is 0 Å². The SMILES string of the molecule is COc1ccc(-c2nn(C(C)(C)C)c(Br)c2C=O)c(OC)c1. The lowest BCUT2D eigenvalue weighted by atomic mass is 10.1. The molecule has 0 amide bonds. The van der Waals surface area contributed by atoms with Gasteiger partial charge in [0.15, 0.2) is 6.29 Å². The molecular weight excluding hydrogens is 348 g/mol. The van der Waals surface area contributed by atoms with Crippen molar-refractivity contribution in [1.82, 2.24) is 9.78 Å². The lowest BCUT2D eigenvalue weighted by molar-refractivity contribution is 0.112. The summed E-state index contributed by atoms with van der Waals surface area (Å²) in [6, 6.07) is 5.43. The molecule has 2 rings (SSSR count). The number of hydrogen-bond acceptors (Lipinski definition) is 4. The van der Waals surface area contributed by atoms with E-state index in [9.17, 15) is 4.79 Å². The third kappa shape index (κ3) is 2.88. The first-order valence-electron chi connectivity index (χ1n) is 6.80. The molecule has 0 aliphatic rings. The number of benzene rings is 1. The number of carbonyl (C=O) groups excluding carboxylic acids is 1. The number of methoxy groups -OCH3 is 2. The van der Waals surface area contributed by atoms with E-state index < -0.39 is 0 Å². The Bertz CT molecular complexity index is 702. The van der Waals surface area contributed by atoms with Crippen molar-refractivity contribution in [3.8, 4) is 22.8 Å². The Hall–Kier alpha value is -1.82. The Morgan fingerprint density at radius 3 is 2.41 bits per heavy atom. The maximum atomic E-state index is 11.5. The predicted octanol–water partition coefficient (Wildman–Crippen LogP) is 3.90. The van der Waals surface area contributed by atoms with E-state index in [4.69, 9.17) is 9.47 Å². The minimum atomic E-state index is -0.255. The van der Waals surface area contributed by atoms with Gasteiger partial charge < -0.3 is 9.47 Å². The molecule has 0 N–H and O–H groups in total. The van der Waals surface area contributed by atoms with Gasteiger partial charge >= 0.3 is 0 Å². The average molecular weight is 367 g/mol. The summed E-state index contributed by atoms with van der Waals surface area (Å²) in [5, 5.41) is 4.60. The van der Waals surface area contributed by atoms with Crippen molar-refractivity contribution < 1.29 is 14.3 Å². The molecule has 6 heteroatoms. The van der Waals surface area contributed by atoms with E-state index in [1.54, 1.807) is 25.0 Å². The Kier molecular flexibility index (Phi) is 4.60. The first-order chi connectivity index (χ1) is 10.3. The van der Waals surface area contributed by atoms with Crippen LogP contribution in [0.4, 0.5) is 0 Å². The monoisotopic (exact) mass is 366 g/mol. The van der Waals surface area contributed by atoms with Crippen molar-refractivity contribution in [3.63, 3.8) is 0 Å². The maximum absolute atomic E-state index is 11.5. The second-order valence-corrected chi connectivity index (χ2v) is 6.57. The van der Waals surface area contributed by atoms with Gasteiger partial charge in [0.05, 0.1) is 25.3 Å². The fourth-order valence-corrected chi connectivity index (χ4v) is 3.04. The number of ether oxygens (including phenoxy) is 2. The van der Waals surface area contributed by atoms with E-state index in [-0.39, 0.29) is 5.54 Å². The number of halogens is 1. The highest BCUT2D eigenvalue weighted by atomic mass is 79.9. The van der Waals surface area contributed by atoms with Gasteiger partial charge in [0.1, 0.15) is 21.8 Å². The van der Waals surface area contributed by atoms with Gasteiger partial charge in [0, 0.05) is 11.6 Å². The fourth-order valence-electron chi connectivity index (χ4n) is 2.15. The Balaban J connectivity index is 2.70. The molecule has 118 valence electrons. The summed E-state index contributed by atoms with van der Waals surface area (Å²) in [6.45, 7) is 6.07.